The largest absolute Gasteiger partial charge is 0.508 e. The zero-order valence-electron chi connectivity index (χ0n) is 20.1. The van der Waals surface area contributed by atoms with Gasteiger partial charge in [0.1, 0.15) is 17.2 Å². The molecule has 0 aliphatic heterocycles. The fourth-order valence-electron chi connectivity index (χ4n) is 3.90. The minimum atomic E-state index is -4.08. The van der Waals surface area contributed by atoms with E-state index in [0.29, 0.717) is 27.6 Å². The monoisotopic (exact) mass is 578 g/mol. The van der Waals surface area contributed by atoms with Gasteiger partial charge in [0.2, 0.25) is 0 Å². The molecule has 5 rings (SSSR count). The SMILES string of the molecule is O=C(Nc1cccc2ccc(O)cc12)c1cc(Cl)ccc1NS(=O)(=O)c1ccc(Oc2ccccc2Cl)cc1. The summed E-state index contributed by atoms with van der Waals surface area (Å²) < 4.78 is 34.6. The number of carbonyl (C=O) groups is 1. The lowest BCUT2D eigenvalue weighted by Gasteiger charge is -2.15. The summed E-state index contributed by atoms with van der Waals surface area (Å²) in [6.45, 7) is 0. The number of hydrogen-bond donors (Lipinski definition) is 3. The standard InChI is InChI=1S/C29H20Cl2N2O5S/c30-19-9-15-27(24(16-19)29(35)32-26-6-3-4-18-8-10-20(34)17-23(18)26)33-39(36,37)22-13-11-21(12-14-22)38-28-7-2-1-5-25(28)31/h1-17,33-34H,(H,32,35). The first kappa shape index (κ1) is 26.4. The summed E-state index contributed by atoms with van der Waals surface area (Å²) in [6, 6.07) is 27.1. The molecule has 39 heavy (non-hydrogen) atoms. The van der Waals surface area contributed by atoms with Gasteiger partial charge in [-0.3, -0.25) is 9.52 Å². The number of halogens is 2. The summed E-state index contributed by atoms with van der Waals surface area (Å²) in [5.41, 5.74) is 0.495. The van der Waals surface area contributed by atoms with Crippen LogP contribution < -0.4 is 14.8 Å². The number of rotatable bonds is 7. The van der Waals surface area contributed by atoms with E-state index in [1.165, 1.54) is 48.5 Å². The molecule has 5 aromatic carbocycles. The van der Waals surface area contributed by atoms with E-state index in [-0.39, 0.29) is 26.9 Å². The molecule has 0 unspecified atom stereocenters. The molecule has 5 aromatic rings. The van der Waals surface area contributed by atoms with E-state index in [4.69, 9.17) is 27.9 Å². The van der Waals surface area contributed by atoms with Gasteiger partial charge in [-0.15, -0.1) is 0 Å². The Hall–Kier alpha value is -4.24. The van der Waals surface area contributed by atoms with Crippen LogP contribution in [0, 0.1) is 0 Å². The zero-order chi connectivity index (χ0) is 27.6. The van der Waals surface area contributed by atoms with Crippen molar-refractivity contribution in [1.29, 1.82) is 0 Å². The Labute approximate surface area is 234 Å². The number of nitrogens with one attached hydrogen (secondary N) is 2. The van der Waals surface area contributed by atoms with Crippen molar-refractivity contribution in [2.24, 2.45) is 0 Å². The number of phenols is 1. The van der Waals surface area contributed by atoms with Crippen molar-refractivity contribution in [3.05, 3.63) is 119 Å². The first-order valence-corrected chi connectivity index (χ1v) is 13.8. The number of carbonyl (C=O) groups excluding carboxylic acids is 1. The summed E-state index contributed by atoms with van der Waals surface area (Å²) in [5.74, 6) is 0.291. The van der Waals surface area contributed by atoms with E-state index in [0.717, 1.165) is 5.39 Å². The Balaban J connectivity index is 1.39. The number of aromatic hydroxyl groups is 1. The molecule has 0 aromatic heterocycles. The fraction of sp³-hybridized carbons (Fsp3) is 0. The summed E-state index contributed by atoms with van der Waals surface area (Å²) in [5, 5.41) is 14.8. The highest BCUT2D eigenvalue weighted by molar-refractivity contribution is 7.92. The molecule has 0 radical (unpaired) electrons. The number of sulfonamides is 1. The second kappa shape index (κ2) is 10.9. The van der Waals surface area contributed by atoms with Crippen LogP contribution in [0.5, 0.6) is 17.2 Å². The van der Waals surface area contributed by atoms with Crippen LogP contribution in [-0.4, -0.2) is 19.4 Å². The lowest BCUT2D eigenvalue weighted by atomic mass is 10.1. The Morgan fingerprint density at radius 1 is 0.795 bits per heavy atom. The van der Waals surface area contributed by atoms with Gasteiger partial charge in [0.05, 0.1) is 21.2 Å². The molecule has 7 nitrogen and oxygen atoms in total. The van der Waals surface area contributed by atoms with Gasteiger partial charge in [-0.05, 0) is 78.2 Å². The fourth-order valence-corrected chi connectivity index (χ4v) is 5.32. The first-order chi connectivity index (χ1) is 18.7. The second-order valence-electron chi connectivity index (χ2n) is 8.46. The molecule has 10 heteroatoms. The summed E-state index contributed by atoms with van der Waals surface area (Å²) in [4.78, 5) is 13.2. The van der Waals surface area contributed by atoms with Crippen molar-refractivity contribution in [2.45, 2.75) is 4.90 Å². The van der Waals surface area contributed by atoms with E-state index < -0.39 is 15.9 Å². The van der Waals surface area contributed by atoms with Crippen LogP contribution in [0.25, 0.3) is 10.8 Å². The number of fused-ring (bicyclic) bond motifs is 1. The minimum absolute atomic E-state index is 0.0157. The number of benzene rings is 5. The van der Waals surface area contributed by atoms with Crippen LogP contribution in [0.15, 0.2) is 108 Å². The molecule has 0 fully saturated rings. The average molecular weight is 579 g/mol. The smallest absolute Gasteiger partial charge is 0.261 e. The van der Waals surface area contributed by atoms with Crippen LogP contribution >= 0.6 is 23.2 Å². The predicted octanol–water partition coefficient (Wildman–Crippen LogP) is 7.70. The number of ether oxygens (including phenoxy) is 1. The quantitative estimate of drug-likeness (QED) is 0.183. The van der Waals surface area contributed by atoms with Crippen molar-refractivity contribution >= 4 is 61.3 Å². The number of para-hydroxylation sites is 1. The predicted molar refractivity (Wildman–Crippen MR) is 154 cm³/mol. The highest BCUT2D eigenvalue weighted by Gasteiger charge is 2.20. The third-order valence-corrected chi connectivity index (χ3v) is 7.71. The summed E-state index contributed by atoms with van der Waals surface area (Å²) in [6.07, 6.45) is 0. The maximum Gasteiger partial charge on any atom is 0.261 e. The molecule has 0 aliphatic rings. The van der Waals surface area contributed by atoms with Gasteiger partial charge in [0, 0.05) is 16.1 Å². The number of hydrogen-bond acceptors (Lipinski definition) is 5. The molecular weight excluding hydrogens is 559 g/mol. The molecule has 0 saturated heterocycles. The summed E-state index contributed by atoms with van der Waals surface area (Å²) in [7, 11) is -4.08. The topological polar surface area (TPSA) is 105 Å². The van der Waals surface area contributed by atoms with Crippen LogP contribution in [-0.2, 0) is 10.0 Å². The highest BCUT2D eigenvalue weighted by atomic mass is 35.5. The Bertz CT molecular complexity index is 1810. The van der Waals surface area contributed by atoms with Crippen molar-refractivity contribution in [2.75, 3.05) is 10.0 Å². The molecular formula is C29H20Cl2N2O5S. The molecule has 196 valence electrons. The maximum absolute atomic E-state index is 13.3. The Kier molecular flexibility index (Phi) is 7.34. The van der Waals surface area contributed by atoms with Gasteiger partial charge >= 0.3 is 0 Å². The average Bonchev–Trinajstić information content (AvgIpc) is 2.91. The third kappa shape index (κ3) is 5.93. The van der Waals surface area contributed by atoms with Crippen LogP contribution in [0.4, 0.5) is 11.4 Å². The van der Waals surface area contributed by atoms with Crippen molar-refractivity contribution in [3.8, 4) is 17.2 Å². The van der Waals surface area contributed by atoms with Crippen LogP contribution in [0.2, 0.25) is 10.0 Å². The van der Waals surface area contributed by atoms with Gasteiger partial charge in [-0.2, -0.15) is 0 Å². The van der Waals surface area contributed by atoms with E-state index in [9.17, 15) is 18.3 Å². The number of amides is 1. The second-order valence-corrected chi connectivity index (χ2v) is 11.0. The molecule has 0 saturated carbocycles. The third-order valence-electron chi connectivity index (χ3n) is 5.78. The summed E-state index contributed by atoms with van der Waals surface area (Å²) >= 11 is 12.3. The van der Waals surface area contributed by atoms with Gasteiger partial charge in [-0.1, -0.05) is 53.5 Å². The van der Waals surface area contributed by atoms with E-state index in [1.54, 1.807) is 48.5 Å². The lowest BCUT2D eigenvalue weighted by Crippen LogP contribution is -2.19. The van der Waals surface area contributed by atoms with Crippen LogP contribution in [0.1, 0.15) is 10.4 Å². The first-order valence-electron chi connectivity index (χ1n) is 11.6. The van der Waals surface area contributed by atoms with E-state index in [1.807, 2.05) is 6.07 Å². The van der Waals surface area contributed by atoms with Crippen molar-refractivity contribution in [3.63, 3.8) is 0 Å². The zero-order valence-corrected chi connectivity index (χ0v) is 22.4. The van der Waals surface area contributed by atoms with Gasteiger partial charge in [-0.25, -0.2) is 8.42 Å². The molecule has 0 atom stereocenters. The van der Waals surface area contributed by atoms with Gasteiger partial charge in [0.15, 0.2) is 0 Å². The highest BCUT2D eigenvalue weighted by Crippen LogP contribution is 2.31. The van der Waals surface area contributed by atoms with Crippen LogP contribution in [0.3, 0.4) is 0 Å². The Morgan fingerprint density at radius 2 is 1.56 bits per heavy atom. The lowest BCUT2D eigenvalue weighted by molar-refractivity contribution is 0.102. The number of anilines is 2. The van der Waals surface area contributed by atoms with E-state index in [2.05, 4.69) is 10.0 Å². The maximum atomic E-state index is 13.3. The van der Waals surface area contributed by atoms with Gasteiger partial charge in [0.25, 0.3) is 15.9 Å². The number of phenolic OH excluding ortho intramolecular Hbond substituents is 1. The van der Waals surface area contributed by atoms with Crippen molar-refractivity contribution in [1.82, 2.24) is 0 Å². The van der Waals surface area contributed by atoms with Gasteiger partial charge < -0.3 is 15.2 Å². The molecule has 0 heterocycles. The molecule has 3 N–H and O–H groups in total. The van der Waals surface area contributed by atoms with Crippen molar-refractivity contribution < 1.29 is 23.1 Å². The Morgan fingerprint density at radius 3 is 2.33 bits per heavy atom. The molecule has 1 amide bonds. The molecule has 0 aliphatic carbocycles. The van der Waals surface area contributed by atoms with E-state index >= 15 is 0 Å². The molecule has 0 spiro atoms. The normalized spacial score (nSPS) is 11.2. The minimum Gasteiger partial charge on any atom is -0.508 e. The molecule has 0 bridgehead atoms.